The van der Waals surface area contributed by atoms with Gasteiger partial charge in [0.1, 0.15) is 0 Å². The van der Waals surface area contributed by atoms with Gasteiger partial charge in [-0.25, -0.2) is 0 Å². The van der Waals surface area contributed by atoms with Crippen LogP contribution in [0.4, 0.5) is 0 Å². The van der Waals surface area contributed by atoms with Crippen LogP contribution in [-0.2, 0) is 4.79 Å². The Morgan fingerprint density at radius 2 is 2.54 bits per heavy atom. The highest BCUT2D eigenvalue weighted by atomic mass is 16.1. The third-order valence-corrected chi connectivity index (χ3v) is 2.33. The maximum atomic E-state index is 11.2. The average Bonchev–Trinajstić information content (AvgIpc) is 2.64. The SMILES string of the molecule is C=CCCC(=O)NCC1CCNC1. The molecular formula is C10H18N2O. The van der Waals surface area contributed by atoms with Gasteiger partial charge in [0, 0.05) is 13.0 Å². The van der Waals surface area contributed by atoms with E-state index in [2.05, 4.69) is 17.2 Å². The number of allylic oxidation sites excluding steroid dienone is 1. The molecule has 3 nitrogen and oxygen atoms in total. The summed E-state index contributed by atoms with van der Waals surface area (Å²) >= 11 is 0. The Kier molecular flexibility index (Phi) is 4.54. The molecule has 0 bridgehead atoms. The fraction of sp³-hybridized carbons (Fsp3) is 0.700. The lowest BCUT2D eigenvalue weighted by Gasteiger charge is -2.09. The fourth-order valence-electron chi connectivity index (χ4n) is 1.47. The molecule has 0 aromatic rings. The summed E-state index contributed by atoms with van der Waals surface area (Å²) in [7, 11) is 0. The zero-order valence-electron chi connectivity index (χ0n) is 8.01. The van der Waals surface area contributed by atoms with E-state index in [0.29, 0.717) is 12.3 Å². The van der Waals surface area contributed by atoms with Crippen LogP contribution < -0.4 is 10.6 Å². The molecule has 1 unspecified atom stereocenters. The number of hydrogen-bond donors (Lipinski definition) is 2. The Labute approximate surface area is 79.6 Å². The summed E-state index contributed by atoms with van der Waals surface area (Å²) in [4.78, 5) is 11.2. The monoisotopic (exact) mass is 182 g/mol. The second-order valence-corrected chi connectivity index (χ2v) is 3.49. The number of carbonyl (C=O) groups is 1. The second-order valence-electron chi connectivity index (χ2n) is 3.49. The molecule has 13 heavy (non-hydrogen) atoms. The molecule has 0 saturated carbocycles. The summed E-state index contributed by atoms with van der Waals surface area (Å²) in [6.45, 7) is 6.54. The van der Waals surface area contributed by atoms with E-state index in [9.17, 15) is 4.79 Å². The summed E-state index contributed by atoms with van der Waals surface area (Å²) in [6.07, 6.45) is 4.30. The molecule has 1 aliphatic heterocycles. The molecule has 0 spiro atoms. The van der Waals surface area contributed by atoms with Crippen molar-refractivity contribution < 1.29 is 4.79 Å². The third-order valence-electron chi connectivity index (χ3n) is 2.33. The van der Waals surface area contributed by atoms with E-state index < -0.39 is 0 Å². The first-order valence-electron chi connectivity index (χ1n) is 4.91. The molecule has 1 fully saturated rings. The molecule has 3 heteroatoms. The van der Waals surface area contributed by atoms with Crippen molar-refractivity contribution in [3.05, 3.63) is 12.7 Å². The quantitative estimate of drug-likeness (QED) is 0.614. The van der Waals surface area contributed by atoms with Crippen LogP contribution in [0.15, 0.2) is 12.7 Å². The minimum Gasteiger partial charge on any atom is -0.356 e. The Morgan fingerprint density at radius 3 is 3.15 bits per heavy atom. The van der Waals surface area contributed by atoms with Gasteiger partial charge in [0.15, 0.2) is 0 Å². The molecule has 1 heterocycles. The second kappa shape index (κ2) is 5.75. The first-order chi connectivity index (χ1) is 6.33. The number of rotatable bonds is 5. The lowest BCUT2D eigenvalue weighted by molar-refractivity contribution is -0.121. The fourth-order valence-corrected chi connectivity index (χ4v) is 1.47. The van der Waals surface area contributed by atoms with E-state index in [1.165, 1.54) is 6.42 Å². The highest BCUT2D eigenvalue weighted by Crippen LogP contribution is 2.05. The molecule has 0 aromatic heterocycles. The van der Waals surface area contributed by atoms with Gasteiger partial charge >= 0.3 is 0 Å². The van der Waals surface area contributed by atoms with Crippen LogP contribution in [0.2, 0.25) is 0 Å². The predicted octanol–water partition coefficient (Wildman–Crippen LogP) is 0.678. The lowest BCUT2D eigenvalue weighted by Crippen LogP contribution is -2.29. The van der Waals surface area contributed by atoms with Gasteiger partial charge in [0.25, 0.3) is 0 Å². The highest BCUT2D eigenvalue weighted by Gasteiger charge is 2.14. The molecule has 1 rings (SSSR count). The van der Waals surface area contributed by atoms with Gasteiger partial charge in [-0.15, -0.1) is 6.58 Å². The molecule has 0 aromatic carbocycles. The molecule has 0 radical (unpaired) electrons. The van der Waals surface area contributed by atoms with Gasteiger partial charge in [0.2, 0.25) is 5.91 Å². The molecule has 2 N–H and O–H groups in total. The maximum absolute atomic E-state index is 11.2. The van der Waals surface area contributed by atoms with Crippen LogP contribution in [0.25, 0.3) is 0 Å². The molecule has 0 aliphatic carbocycles. The van der Waals surface area contributed by atoms with Crippen LogP contribution in [0.5, 0.6) is 0 Å². The minimum absolute atomic E-state index is 0.145. The topological polar surface area (TPSA) is 41.1 Å². The number of nitrogens with one attached hydrogen (secondary N) is 2. The lowest BCUT2D eigenvalue weighted by atomic mass is 10.1. The Morgan fingerprint density at radius 1 is 1.69 bits per heavy atom. The summed E-state index contributed by atoms with van der Waals surface area (Å²) in [5.74, 6) is 0.777. The van der Waals surface area contributed by atoms with E-state index >= 15 is 0 Å². The predicted molar refractivity (Wildman–Crippen MR) is 53.4 cm³/mol. The van der Waals surface area contributed by atoms with Crippen LogP contribution >= 0.6 is 0 Å². The van der Waals surface area contributed by atoms with Crippen molar-refractivity contribution in [2.24, 2.45) is 5.92 Å². The van der Waals surface area contributed by atoms with Crippen molar-refractivity contribution >= 4 is 5.91 Å². The van der Waals surface area contributed by atoms with Crippen molar-refractivity contribution in [2.45, 2.75) is 19.3 Å². The zero-order valence-corrected chi connectivity index (χ0v) is 8.01. The van der Waals surface area contributed by atoms with E-state index in [1.54, 1.807) is 6.08 Å². The zero-order chi connectivity index (χ0) is 9.52. The maximum Gasteiger partial charge on any atom is 0.220 e. The smallest absolute Gasteiger partial charge is 0.220 e. The first kappa shape index (κ1) is 10.3. The van der Waals surface area contributed by atoms with E-state index in [1.807, 2.05) is 0 Å². The van der Waals surface area contributed by atoms with E-state index in [-0.39, 0.29) is 5.91 Å². The number of amides is 1. The number of carbonyl (C=O) groups excluding carboxylic acids is 1. The Balaban J connectivity index is 2.03. The van der Waals surface area contributed by atoms with Gasteiger partial charge < -0.3 is 10.6 Å². The molecule has 1 amide bonds. The van der Waals surface area contributed by atoms with Crippen LogP contribution in [0, 0.1) is 5.92 Å². The summed E-state index contributed by atoms with van der Waals surface area (Å²) < 4.78 is 0. The molecule has 1 atom stereocenters. The molecule has 1 saturated heterocycles. The van der Waals surface area contributed by atoms with Gasteiger partial charge in [0.05, 0.1) is 0 Å². The third kappa shape index (κ3) is 4.08. The van der Waals surface area contributed by atoms with Gasteiger partial charge in [-0.05, 0) is 31.8 Å². The van der Waals surface area contributed by atoms with Crippen molar-refractivity contribution in [1.29, 1.82) is 0 Å². The van der Waals surface area contributed by atoms with Gasteiger partial charge in [-0.1, -0.05) is 6.08 Å². The summed E-state index contributed by atoms with van der Waals surface area (Å²) in [6, 6.07) is 0. The summed E-state index contributed by atoms with van der Waals surface area (Å²) in [5, 5.41) is 6.20. The normalized spacial score (nSPS) is 21.4. The van der Waals surface area contributed by atoms with Crippen molar-refractivity contribution in [3.8, 4) is 0 Å². The number of hydrogen-bond acceptors (Lipinski definition) is 2. The molecule has 1 aliphatic rings. The van der Waals surface area contributed by atoms with Gasteiger partial charge in [-0.2, -0.15) is 0 Å². The Bertz CT molecular complexity index is 174. The van der Waals surface area contributed by atoms with Crippen LogP contribution in [0.1, 0.15) is 19.3 Å². The largest absolute Gasteiger partial charge is 0.356 e. The van der Waals surface area contributed by atoms with E-state index in [0.717, 1.165) is 26.1 Å². The van der Waals surface area contributed by atoms with Crippen molar-refractivity contribution in [3.63, 3.8) is 0 Å². The standard InChI is InChI=1S/C10H18N2O/c1-2-3-4-10(13)12-8-9-5-6-11-7-9/h2,9,11H,1,3-8H2,(H,12,13). The average molecular weight is 182 g/mol. The Hall–Kier alpha value is -0.830. The minimum atomic E-state index is 0.145. The van der Waals surface area contributed by atoms with Crippen molar-refractivity contribution in [1.82, 2.24) is 10.6 Å². The summed E-state index contributed by atoms with van der Waals surface area (Å²) in [5.41, 5.74) is 0. The van der Waals surface area contributed by atoms with Crippen molar-refractivity contribution in [2.75, 3.05) is 19.6 Å². The highest BCUT2D eigenvalue weighted by molar-refractivity contribution is 5.75. The van der Waals surface area contributed by atoms with Gasteiger partial charge in [-0.3, -0.25) is 4.79 Å². The van der Waals surface area contributed by atoms with E-state index in [4.69, 9.17) is 0 Å². The molecule has 74 valence electrons. The van der Waals surface area contributed by atoms with Crippen LogP contribution in [0.3, 0.4) is 0 Å². The van der Waals surface area contributed by atoms with Crippen LogP contribution in [-0.4, -0.2) is 25.5 Å². The molecular weight excluding hydrogens is 164 g/mol. The first-order valence-corrected chi connectivity index (χ1v) is 4.91.